The maximum absolute atomic E-state index is 11.4. The minimum Gasteiger partial charge on any atom is -0.444 e. The van der Waals surface area contributed by atoms with Crippen LogP contribution < -0.4 is 10.6 Å². The number of ether oxygens (including phenoxy) is 2. The maximum atomic E-state index is 11.4. The van der Waals surface area contributed by atoms with Crippen molar-refractivity contribution in [1.82, 2.24) is 10.6 Å². The van der Waals surface area contributed by atoms with Crippen molar-refractivity contribution in [1.29, 1.82) is 0 Å². The van der Waals surface area contributed by atoms with E-state index in [1.54, 1.807) is 7.11 Å². The van der Waals surface area contributed by atoms with Gasteiger partial charge >= 0.3 is 6.09 Å². The standard InChI is InChI=1S/C14H28N2O3/c1-14(2,3)19-13(17)16-10-9-15-11-5-7-12(18-4)8-6-11/h11-12,15H,5-10H2,1-4H3,(H,16,17). The summed E-state index contributed by atoms with van der Waals surface area (Å²) in [4.78, 5) is 11.4. The van der Waals surface area contributed by atoms with E-state index < -0.39 is 5.60 Å². The van der Waals surface area contributed by atoms with Crippen molar-refractivity contribution in [2.45, 2.75) is 64.2 Å². The van der Waals surface area contributed by atoms with Gasteiger partial charge in [-0.25, -0.2) is 4.79 Å². The van der Waals surface area contributed by atoms with Crippen LogP contribution in [0.3, 0.4) is 0 Å². The summed E-state index contributed by atoms with van der Waals surface area (Å²) in [5, 5.41) is 6.21. The smallest absolute Gasteiger partial charge is 0.407 e. The van der Waals surface area contributed by atoms with Crippen molar-refractivity contribution >= 4 is 6.09 Å². The van der Waals surface area contributed by atoms with Gasteiger partial charge in [-0.3, -0.25) is 0 Å². The normalized spacial score (nSPS) is 24.0. The number of nitrogens with one attached hydrogen (secondary N) is 2. The van der Waals surface area contributed by atoms with E-state index in [-0.39, 0.29) is 6.09 Å². The summed E-state index contributed by atoms with van der Waals surface area (Å²) in [6.45, 7) is 6.96. The zero-order valence-electron chi connectivity index (χ0n) is 12.6. The molecule has 0 aromatic rings. The van der Waals surface area contributed by atoms with Crippen LogP contribution in [0.5, 0.6) is 0 Å². The summed E-state index contributed by atoms with van der Waals surface area (Å²) in [7, 11) is 1.78. The molecule has 0 heterocycles. The largest absolute Gasteiger partial charge is 0.444 e. The van der Waals surface area contributed by atoms with Crippen LogP contribution in [-0.4, -0.2) is 44.0 Å². The quantitative estimate of drug-likeness (QED) is 0.752. The molecule has 0 spiro atoms. The molecule has 2 N–H and O–H groups in total. The Labute approximate surface area is 116 Å². The van der Waals surface area contributed by atoms with Crippen molar-refractivity contribution in [3.63, 3.8) is 0 Å². The van der Waals surface area contributed by atoms with Gasteiger partial charge in [0.2, 0.25) is 0 Å². The van der Waals surface area contributed by atoms with E-state index in [4.69, 9.17) is 9.47 Å². The molecule has 1 amide bonds. The van der Waals surface area contributed by atoms with Crippen LogP contribution in [0, 0.1) is 0 Å². The van der Waals surface area contributed by atoms with Crippen LogP contribution in [0.25, 0.3) is 0 Å². The first-order valence-corrected chi connectivity index (χ1v) is 7.14. The number of hydrogen-bond acceptors (Lipinski definition) is 4. The first kappa shape index (κ1) is 16.2. The van der Waals surface area contributed by atoms with Crippen LogP contribution in [0.1, 0.15) is 46.5 Å². The van der Waals surface area contributed by atoms with Gasteiger partial charge in [0.05, 0.1) is 6.10 Å². The number of carbonyl (C=O) groups is 1. The van der Waals surface area contributed by atoms with E-state index in [0.717, 1.165) is 32.2 Å². The number of amides is 1. The molecule has 0 aromatic carbocycles. The highest BCUT2D eigenvalue weighted by molar-refractivity contribution is 5.67. The Balaban J connectivity index is 2.04. The molecule has 5 nitrogen and oxygen atoms in total. The lowest BCUT2D eigenvalue weighted by Gasteiger charge is -2.28. The Morgan fingerprint density at radius 2 is 1.79 bits per heavy atom. The number of hydrogen-bond donors (Lipinski definition) is 2. The molecule has 0 radical (unpaired) electrons. The van der Waals surface area contributed by atoms with Gasteiger partial charge in [0, 0.05) is 26.2 Å². The zero-order valence-corrected chi connectivity index (χ0v) is 12.6. The molecule has 1 fully saturated rings. The average molecular weight is 272 g/mol. The highest BCUT2D eigenvalue weighted by Gasteiger charge is 2.20. The molecule has 1 aliphatic rings. The Bertz CT molecular complexity index is 268. The highest BCUT2D eigenvalue weighted by Crippen LogP contribution is 2.20. The van der Waals surface area contributed by atoms with E-state index >= 15 is 0 Å². The Morgan fingerprint density at radius 3 is 2.32 bits per heavy atom. The third kappa shape index (κ3) is 7.38. The van der Waals surface area contributed by atoms with Crippen LogP contribution in [0.4, 0.5) is 4.79 Å². The molecular formula is C14H28N2O3. The van der Waals surface area contributed by atoms with Gasteiger partial charge < -0.3 is 20.1 Å². The second kappa shape index (κ2) is 7.70. The van der Waals surface area contributed by atoms with Crippen LogP contribution in [0.2, 0.25) is 0 Å². The molecule has 0 unspecified atom stereocenters. The van der Waals surface area contributed by atoms with Crippen molar-refractivity contribution in [3.05, 3.63) is 0 Å². The molecule has 0 aliphatic heterocycles. The predicted molar refractivity (Wildman–Crippen MR) is 75.3 cm³/mol. The number of carbonyl (C=O) groups excluding carboxylic acids is 1. The molecule has 1 rings (SSSR count). The fourth-order valence-corrected chi connectivity index (χ4v) is 2.26. The fraction of sp³-hybridized carbons (Fsp3) is 0.929. The summed E-state index contributed by atoms with van der Waals surface area (Å²) < 4.78 is 10.5. The summed E-state index contributed by atoms with van der Waals surface area (Å²) in [5.41, 5.74) is -0.434. The van der Waals surface area contributed by atoms with Crippen molar-refractivity contribution < 1.29 is 14.3 Å². The zero-order chi connectivity index (χ0) is 14.3. The van der Waals surface area contributed by atoms with E-state index in [0.29, 0.717) is 18.7 Å². The third-order valence-corrected chi connectivity index (χ3v) is 3.23. The molecule has 5 heteroatoms. The Morgan fingerprint density at radius 1 is 1.16 bits per heavy atom. The lowest BCUT2D eigenvalue weighted by Crippen LogP contribution is -2.41. The monoisotopic (exact) mass is 272 g/mol. The second-order valence-corrected chi connectivity index (χ2v) is 6.09. The van der Waals surface area contributed by atoms with Gasteiger partial charge in [-0.05, 0) is 46.5 Å². The lowest BCUT2D eigenvalue weighted by atomic mass is 9.93. The molecule has 0 saturated heterocycles. The number of rotatable bonds is 5. The van der Waals surface area contributed by atoms with Crippen LogP contribution >= 0.6 is 0 Å². The average Bonchev–Trinajstić information content (AvgIpc) is 2.33. The molecule has 0 aromatic heterocycles. The van der Waals surface area contributed by atoms with Gasteiger partial charge in [0.15, 0.2) is 0 Å². The maximum Gasteiger partial charge on any atom is 0.407 e. The fourth-order valence-electron chi connectivity index (χ4n) is 2.26. The Kier molecular flexibility index (Phi) is 6.58. The lowest BCUT2D eigenvalue weighted by molar-refractivity contribution is 0.0524. The van der Waals surface area contributed by atoms with Gasteiger partial charge in [-0.1, -0.05) is 0 Å². The van der Waals surface area contributed by atoms with Crippen molar-refractivity contribution in [2.75, 3.05) is 20.2 Å². The predicted octanol–water partition coefficient (Wildman–Crippen LogP) is 2.06. The summed E-state index contributed by atoms with van der Waals surface area (Å²) >= 11 is 0. The molecule has 1 saturated carbocycles. The first-order valence-electron chi connectivity index (χ1n) is 7.14. The summed E-state index contributed by atoms with van der Waals surface area (Å²) in [6.07, 6.45) is 4.60. The van der Waals surface area contributed by atoms with Gasteiger partial charge in [-0.15, -0.1) is 0 Å². The van der Waals surface area contributed by atoms with Gasteiger partial charge in [-0.2, -0.15) is 0 Å². The molecule has 19 heavy (non-hydrogen) atoms. The molecule has 0 bridgehead atoms. The number of alkyl carbamates (subject to hydrolysis) is 1. The molecule has 0 atom stereocenters. The summed E-state index contributed by atoms with van der Waals surface area (Å²) in [5.74, 6) is 0. The molecule has 1 aliphatic carbocycles. The van der Waals surface area contributed by atoms with Crippen LogP contribution in [-0.2, 0) is 9.47 Å². The number of methoxy groups -OCH3 is 1. The third-order valence-electron chi connectivity index (χ3n) is 3.23. The van der Waals surface area contributed by atoms with Gasteiger partial charge in [0.1, 0.15) is 5.60 Å². The summed E-state index contributed by atoms with van der Waals surface area (Å²) in [6, 6.07) is 0.548. The van der Waals surface area contributed by atoms with Crippen molar-refractivity contribution in [3.8, 4) is 0 Å². The second-order valence-electron chi connectivity index (χ2n) is 6.09. The van der Waals surface area contributed by atoms with E-state index in [1.165, 1.54) is 0 Å². The van der Waals surface area contributed by atoms with E-state index in [2.05, 4.69) is 10.6 Å². The van der Waals surface area contributed by atoms with Crippen LogP contribution in [0.15, 0.2) is 0 Å². The minimum absolute atomic E-state index is 0.350. The van der Waals surface area contributed by atoms with E-state index in [1.807, 2.05) is 20.8 Å². The molecular weight excluding hydrogens is 244 g/mol. The van der Waals surface area contributed by atoms with E-state index in [9.17, 15) is 4.79 Å². The van der Waals surface area contributed by atoms with Crippen molar-refractivity contribution in [2.24, 2.45) is 0 Å². The van der Waals surface area contributed by atoms with Gasteiger partial charge in [0.25, 0.3) is 0 Å². The first-order chi connectivity index (χ1) is 8.90. The SMILES string of the molecule is COC1CCC(NCCNC(=O)OC(C)(C)C)CC1. The topological polar surface area (TPSA) is 59.6 Å². The Hall–Kier alpha value is -0.810. The molecule has 112 valence electrons. The minimum atomic E-state index is -0.434. The highest BCUT2D eigenvalue weighted by atomic mass is 16.6.